The third-order valence-electron chi connectivity index (χ3n) is 6.64. The number of nitriles is 1. The summed E-state index contributed by atoms with van der Waals surface area (Å²) in [7, 11) is 1.84. The molecule has 1 amide bonds. The molecule has 1 fully saturated rings. The number of rotatable bonds is 7. The fraction of sp³-hybridized carbons (Fsp3) is 0.462. The normalized spacial score (nSPS) is 18.1. The minimum atomic E-state index is -0.233. The lowest BCUT2D eigenvalue weighted by molar-refractivity contribution is -0.113. The Morgan fingerprint density at radius 1 is 1.33 bits per heavy atom. The number of ether oxygens (including phenoxy) is 1. The smallest absolute Gasteiger partial charge is 0.409 e. The Hall–Kier alpha value is -2.98. The highest BCUT2D eigenvalue weighted by Crippen LogP contribution is 2.37. The van der Waals surface area contributed by atoms with Gasteiger partial charge in [-0.3, -0.25) is 9.78 Å². The second kappa shape index (κ2) is 10.8. The van der Waals surface area contributed by atoms with Crippen LogP contribution in [-0.4, -0.2) is 41.5 Å². The van der Waals surface area contributed by atoms with E-state index >= 15 is 0 Å². The molecule has 0 radical (unpaired) electrons. The van der Waals surface area contributed by atoms with Gasteiger partial charge in [0.25, 0.3) is 0 Å². The van der Waals surface area contributed by atoms with Crippen LogP contribution in [0.3, 0.4) is 0 Å². The molecule has 1 atom stereocenters. The van der Waals surface area contributed by atoms with Crippen LogP contribution in [0, 0.1) is 17.2 Å². The lowest BCUT2D eigenvalue weighted by Crippen LogP contribution is -2.36. The number of allylic oxidation sites excluding steroid dienone is 1. The first-order chi connectivity index (χ1) is 16.0. The van der Waals surface area contributed by atoms with Gasteiger partial charge in [-0.15, -0.1) is 11.3 Å². The number of nitrogens with zero attached hydrogens (tertiary/aromatic N) is 3. The minimum Gasteiger partial charge on any atom is -0.449 e. The Balaban J connectivity index is 1.35. The molecule has 0 bridgehead atoms. The fourth-order valence-electron chi connectivity index (χ4n) is 4.72. The molecule has 7 heteroatoms. The van der Waals surface area contributed by atoms with E-state index in [1.54, 1.807) is 40.8 Å². The van der Waals surface area contributed by atoms with Gasteiger partial charge in [-0.1, -0.05) is 18.9 Å². The number of amides is 1. The molecule has 2 aromatic rings. The molecule has 4 rings (SSSR count). The Bertz CT molecular complexity index is 1060. The Kier molecular flexibility index (Phi) is 7.56. The molecule has 2 aromatic heterocycles. The third kappa shape index (κ3) is 5.69. The van der Waals surface area contributed by atoms with Crippen molar-refractivity contribution in [1.82, 2.24) is 9.88 Å². The van der Waals surface area contributed by atoms with Crippen molar-refractivity contribution >= 4 is 29.3 Å². The van der Waals surface area contributed by atoms with E-state index in [9.17, 15) is 14.9 Å². The van der Waals surface area contributed by atoms with Crippen molar-refractivity contribution < 1.29 is 14.3 Å². The van der Waals surface area contributed by atoms with Crippen LogP contribution < -0.4 is 0 Å². The van der Waals surface area contributed by atoms with Gasteiger partial charge in [0, 0.05) is 41.7 Å². The van der Waals surface area contributed by atoms with Gasteiger partial charge in [0.05, 0.1) is 12.2 Å². The summed E-state index contributed by atoms with van der Waals surface area (Å²) in [6.45, 7) is 0.400. The fourth-order valence-corrected chi connectivity index (χ4v) is 6.15. The van der Waals surface area contributed by atoms with E-state index in [1.807, 2.05) is 19.2 Å². The van der Waals surface area contributed by atoms with E-state index in [4.69, 9.17) is 4.74 Å². The van der Waals surface area contributed by atoms with Gasteiger partial charge in [0.2, 0.25) is 0 Å². The second-order valence-electron chi connectivity index (χ2n) is 8.91. The van der Waals surface area contributed by atoms with E-state index in [0.29, 0.717) is 18.2 Å². The van der Waals surface area contributed by atoms with Crippen LogP contribution in [-0.2, 0) is 28.8 Å². The number of fused-ring (bicyclic) bond motifs is 1. The molecular weight excluding hydrogens is 434 g/mol. The van der Waals surface area contributed by atoms with Crippen LogP contribution in [0.5, 0.6) is 0 Å². The van der Waals surface area contributed by atoms with Crippen LogP contribution in [0.2, 0.25) is 0 Å². The predicted molar refractivity (Wildman–Crippen MR) is 128 cm³/mol. The molecule has 6 nitrogen and oxygen atoms in total. The summed E-state index contributed by atoms with van der Waals surface area (Å²) in [5.74, 6) is 0.215. The quantitative estimate of drug-likeness (QED) is 0.542. The maximum Gasteiger partial charge on any atom is 0.409 e. The van der Waals surface area contributed by atoms with Crippen LogP contribution >= 0.6 is 11.3 Å². The number of pyridine rings is 1. The molecule has 0 saturated heterocycles. The summed E-state index contributed by atoms with van der Waals surface area (Å²) < 4.78 is 5.63. The topological polar surface area (TPSA) is 83.3 Å². The summed E-state index contributed by atoms with van der Waals surface area (Å²) in [4.78, 5) is 32.7. The summed E-state index contributed by atoms with van der Waals surface area (Å²) in [5, 5.41) is 9.74. The van der Waals surface area contributed by atoms with Gasteiger partial charge in [-0.05, 0) is 67.4 Å². The van der Waals surface area contributed by atoms with E-state index in [0.717, 1.165) is 53.0 Å². The number of hydrogen-bond donors (Lipinski definition) is 0. The maximum absolute atomic E-state index is 12.5. The molecule has 2 aliphatic rings. The van der Waals surface area contributed by atoms with Gasteiger partial charge < -0.3 is 9.64 Å². The average molecular weight is 464 g/mol. The lowest BCUT2D eigenvalue weighted by atomic mass is 9.87. The van der Waals surface area contributed by atoms with Crippen LogP contribution in [0.4, 0.5) is 4.79 Å². The van der Waals surface area contributed by atoms with Crippen molar-refractivity contribution in [2.45, 2.75) is 57.4 Å². The molecule has 0 N–H and O–H groups in total. The van der Waals surface area contributed by atoms with Gasteiger partial charge in [-0.2, -0.15) is 5.26 Å². The Morgan fingerprint density at radius 2 is 2.15 bits per heavy atom. The first-order valence-corrected chi connectivity index (χ1v) is 12.4. The number of aromatic nitrogens is 1. The summed E-state index contributed by atoms with van der Waals surface area (Å²) in [6, 6.07) is 6.34. The Labute approximate surface area is 198 Å². The van der Waals surface area contributed by atoms with E-state index in [2.05, 4.69) is 11.1 Å². The molecule has 0 aromatic carbocycles. The first-order valence-electron chi connectivity index (χ1n) is 11.6. The number of thiophene rings is 1. The van der Waals surface area contributed by atoms with Crippen molar-refractivity contribution in [1.29, 1.82) is 5.26 Å². The largest absolute Gasteiger partial charge is 0.449 e. The maximum atomic E-state index is 12.5. The predicted octanol–water partition coefficient (Wildman–Crippen LogP) is 4.96. The van der Waals surface area contributed by atoms with E-state index in [-0.39, 0.29) is 24.2 Å². The molecule has 2 heterocycles. The van der Waals surface area contributed by atoms with Crippen LogP contribution in [0.1, 0.15) is 58.5 Å². The van der Waals surface area contributed by atoms with Gasteiger partial charge in [0.15, 0.2) is 5.78 Å². The summed E-state index contributed by atoms with van der Waals surface area (Å²) >= 11 is 1.56. The highest BCUT2D eigenvalue weighted by atomic mass is 32.1. The van der Waals surface area contributed by atoms with Crippen LogP contribution in [0.25, 0.3) is 6.08 Å². The monoisotopic (exact) mass is 463 g/mol. The average Bonchev–Trinajstić information content (AvgIpc) is 3.49. The van der Waals surface area contributed by atoms with Crippen molar-refractivity contribution in [2.75, 3.05) is 13.7 Å². The van der Waals surface area contributed by atoms with Crippen molar-refractivity contribution in [3.63, 3.8) is 0 Å². The lowest BCUT2D eigenvalue weighted by Gasteiger charge is -2.26. The molecule has 1 saturated carbocycles. The van der Waals surface area contributed by atoms with Gasteiger partial charge >= 0.3 is 6.09 Å². The number of hydrogen-bond acceptors (Lipinski definition) is 6. The third-order valence-corrected chi connectivity index (χ3v) is 7.89. The zero-order valence-corrected chi connectivity index (χ0v) is 19.8. The number of ketones is 1. The summed E-state index contributed by atoms with van der Waals surface area (Å²) in [5.41, 5.74) is 2.61. The zero-order chi connectivity index (χ0) is 23.2. The highest BCUT2D eigenvalue weighted by molar-refractivity contribution is 7.12. The van der Waals surface area contributed by atoms with Gasteiger partial charge in [0.1, 0.15) is 6.07 Å². The first kappa shape index (κ1) is 23.2. The standard InChI is InChI=1S/C26H29N3O3S/c1-29(20-6-2-3-7-20)26(31)32-17-19-9-11-22-23(15-27)25(33-24(22)13-19)14-21(30)10-8-18-5-4-12-28-16-18/h4-5,8,10,12,16,19-20H,2-3,6-7,9,11,13-14,17H2,1H3/b10-8+. The van der Waals surface area contributed by atoms with E-state index < -0.39 is 0 Å². The van der Waals surface area contributed by atoms with E-state index in [1.165, 1.54) is 12.8 Å². The zero-order valence-electron chi connectivity index (χ0n) is 19.0. The molecular formula is C26H29N3O3S. The highest BCUT2D eigenvalue weighted by Gasteiger charge is 2.29. The van der Waals surface area contributed by atoms with Crippen molar-refractivity contribution in [3.05, 3.63) is 57.0 Å². The molecule has 1 unspecified atom stereocenters. The minimum absolute atomic E-state index is 0.0330. The number of carbonyl (C=O) groups excluding carboxylic acids is 2. The molecule has 172 valence electrons. The number of carbonyl (C=O) groups is 2. The molecule has 0 aliphatic heterocycles. The second-order valence-corrected chi connectivity index (χ2v) is 10.1. The SMILES string of the molecule is CN(C(=O)OCC1CCc2c(sc(CC(=O)/C=C/c3cccnc3)c2C#N)C1)C1CCCC1. The summed E-state index contributed by atoms with van der Waals surface area (Å²) in [6.07, 6.45) is 13.6. The van der Waals surface area contributed by atoms with Crippen molar-refractivity contribution in [3.8, 4) is 6.07 Å². The van der Waals surface area contributed by atoms with Gasteiger partial charge in [-0.25, -0.2) is 4.79 Å². The Morgan fingerprint density at radius 3 is 2.88 bits per heavy atom. The molecule has 0 spiro atoms. The molecule has 2 aliphatic carbocycles. The molecule has 33 heavy (non-hydrogen) atoms. The van der Waals surface area contributed by atoms with Crippen LogP contribution in [0.15, 0.2) is 30.6 Å². The van der Waals surface area contributed by atoms with Crippen molar-refractivity contribution in [2.24, 2.45) is 5.92 Å².